The fourth-order valence-corrected chi connectivity index (χ4v) is 4.07. The molecule has 0 spiro atoms. The third kappa shape index (κ3) is 5.58. The number of nitrogens with zero attached hydrogens (tertiary/aromatic N) is 3. The summed E-state index contributed by atoms with van der Waals surface area (Å²) in [4.78, 5) is 12.2. The molecule has 1 aliphatic heterocycles. The Labute approximate surface area is 160 Å². The summed E-state index contributed by atoms with van der Waals surface area (Å²) in [7, 11) is -3.24. The van der Waals surface area contributed by atoms with Gasteiger partial charge in [-0.1, -0.05) is 11.6 Å². The van der Waals surface area contributed by atoms with Gasteiger partial charge in [-0.3, -0.25) is 9.48 Å². The van der Waals surface area contributed by atoms with Gasteiger partial charge in [-0.05, 0) is 26.2 Å². The first-order valence-corrected chi connectivity index (χ1v) is 10.7. The monoisotopic (exact) mass is 430 g/mol. The molecule has 0 aliphatic carbocycles. The van der Waals surface area contributed by atoms with Gasteiger partial charge in [0.05, 0.1) is 17.0 Å². The largest absolute Gasteiger partial charge is 0.436 e. The van der Waals surface area contributed by atoms with E-state index in [0.717, 1.165) is 6.26 Å². The molecule has 2 rings (SSSR count). The Bertz CT molecular complexity index is 787. The van der Waals surface area contributed by atoms with Crippen LogP contribution in [-0.2, 0) is 27.5 Å². The third-order valence-electron chi connectivity index (χ3n) is 4.54. The van der Waals surface area contributed by atoms with Crippen molar-refractivity contribution in [1.82, 2.24) is 19.4 Å². The number of carbonyl (C=O) groups excluding carboxylic acids is 1. The number of alkyl halides is 3. The molecule has 12 heteroatoms. The Kier molecular flexibility index (Phi) is 6.80. The molecular formula is C15H22ClF3N4O3S. The highest BCUT2D eigenvalue weighted by atomic mass is 35.5. The number of amides is 1. The van der Waals surface area contributed by atoms with Crippen LogP contribution < -0.4 is 5.32 Å². The molecule has 0 bridgehead atoms. The second kappa shape index (κ2) is 8.36. The maximum atomic E-state index is 12.8. The molecule has 154 valence electrons. The molecule has 1 N–H and O–H groups in total. The number of aromatic nitrogens is 2. The van der Waals surface area contributed by atoms with Crippen molar-refractivity contribution >= 4 is 27.5 Å². The van der Waals surface area contributed by atoms with E-state index in [-0.39, 0.29) is 30.6 Å². The lowest BCUT2D eigenvalue weighted by molar-refractivity contribution is -0.141. The molecule has 1 aromatic rings. The third-order valence-corrected chi connectivity index (χ3v) is 6.30. The fraction of sp³-hybridized carbons (Fsp3) is 0.733. The van der Waals surface area contributed by atoms with E-state index in [9.17, 15) is 26.4 Å². The summed E-state index contributed by atoms with van der Waals surface area (Å²) in [6.45, 7) is 2.54. The molecule has 1 aromatic heterocycles. The van der Waals surface area contributed by atoms with Crippen LogP contribution in [0.1, 0.15) is 30.7 Å². The molecule has 7 nitrogen and oxygen atoms in total. The lowest BCUT2D eigenvalue weighted by Gasteiger charge is -2.29. The summed E-state index contributed by atoms with van der Waals surface area (Å²) in [5, 5.41) is 5.83. The van der Waals surface area contributed by atoms with E-state index in [4.69, 9.17) is 11.6 Å². The van der Waals surface area contributed by atoms with Crippen LogP contribution >= 0.6 is 11.6 Å². The van der Waals surface area contributed by atoms with Gasteiger partial charge in [0.25, 0.3) is 0 Å². The first kappa shape index (κ1) is 22.0. The number of nitrogens with one attached hydrogen (secondary N) is 1. The first-order valence-electron chi connectivity index (χ1n) is 8.44. The van der Waals surface area contributed by atoms with Gasteiger partial charge in [-0.2, -0.15) is 18.3 Å². The molecule has 1 aliphatic rings. The van der Waals surface area contributed by atoms with Gasteiger partial charge in [-0.15, -0.1) is 0 Å². The number of sulfonamides is 1. The molecule has 2 heterocycles. The van der Waals surface area contributed by atoms with Crippen LogP contribution in [0.25, 0.3) is 0 Å². The molecule has 0 atom stereocenters. The molecule has 1 saturated heterocycles. The normalized spacial score (nSPS) is 17.3. The summed E-state index contributed by atoms with van der Waals surface area (Å²) < 4.78 is 63.8. The van der Waals surface area contributed by atoms with Crippen LogP contribution in [0.4, 0.5) is 13.2 Å². The van der Waals surface area contributed by atoms with Crippen molar-refractivity contribution < 1.29 is 26.4 Å². The number of hydrogen-bond donors (Lipinski definition) is 1. The number of piperidine rings is 1. The lowest BCUT2D eigenvalue weighted by atomic mass is 9.97. The summed E-state index contributed by atoms with van der Waals surface area (Å²) in [6.07, 6.45) is -2.18. The van der Waals surface area contributed by atoms with Crippen molar-refractivity contribution in [1.29, 1.82) is 0 Å². The first-order chi connectivity index (χ1) is 12.4. The van der Waals surface area contributed by atoms with Crippen molar-refractivity contribution in [2.24, 2.45) is 5.92 Å². The summed E-state index contributed by atoms with van der Waals surface area (Å²) in [5.74, 6) is -0.435. The Balaban J connectivity index is 1.79. The van der Waals surface area contributed by atoms with Gasteiger partial charge in [-0.25, -0.2) is 12.7 Å². The number of aryl methyl sites for hydroxylation is 1. The predicted octanol–water partition coefficient (Wildman–Crippen LogP) is 2.04. The highest BCUT2D eigenvalue weighted by Gasteiger charge is 2.38. The number of hydrogen-bond acceptors (Lipinski definition) is 4. The second-order valence-corrected chi connectivity index (χ2v) is 8.91. The summed E-state index contributed by atoms with van der Waals surface area (Å²) in [5.41, 5.74) is -0.883. The lowest BCUT2D eigenvalue weighted by Crippen LogP contribution is -2.42. The van der Waals surface area contributed by atoms with Crippen molar-refractivity contribution in [3.63, 3.8) is 0 Å². The van der Waals surface area contributed by atoms with Crippen LogP contribution in [0.15, 0.2) is 0 Å². The van der Waals surface area contributed by atoms with Gasteiger partial charge in [0.2, 0.25) is 15.9 Å². The fourth-order valence-electron chi connectivity index (χ4n) is 2.96. The molecule has 1 fully saturated rings. The van der Waals surface area contributed by atoms with Gasteiger partial charge >= 0.3 is 6.18 Å². The molecule has 0 unspecified atom stereocenters. The minimum atomic E-state index is -4.61. The zero-order valence-corrected chi connectivity index (χ0v) is 16.6. The van der Waals surface area contributed by atoms with E-state index in [0.29, 0.717) is 32.4 Å². The highest BCUT2D eigenvalue weighted by Crippen LogP contribution is 2.35. The minimum absolute atomic E-state index is 0.172. The minimum Gasteiger partial charge on any atom is -0.356 e. The van der Waals surface area contributed by atoms with Crippen molar-refractivity contribution in [2.75, 3.05) is 25.9 Å². The van der Waals surface area contributed by atoms with Crippen LogP contribution in [0.3, 0.4) is 0 Å². The van der Waals surface area contributed by atoms with Crippen LogP contribution in [0.2, 0.25) is 5.02 Å². The Morgan fingerprint density at radius 1 is 1.33 bits per heavy atom. The Hall–Kier alpha value is -1.33. The van der Waals surface area contributed by atoms with Gasteiger partial charge in [0.1, 0.15) is 0 Å². The topological polar surface area (TPSA) is 84.3 Å². The highest BCUT2D eigenvalue weighted by molar-refractivity contribution is 7.88. The SMILES string of the molecule is Cc1c(Cl)c(C(F)(F)F)nn1CCCNC(=O)C1CCN(S(C)(=O)=O)CC1. The number of rotatable bonds is 6. The molecule has 1 amide bonds. The van der Waals surface area contributed by atoms with Gasteiger partial charge < -0.3 is 5.32 Å². The van der Waals surface area contributed by atoms with Crippen molar-refractivity contribution in [2.45, 2.75) is 38.9 Å². The predicted molar refractivity (Wildman–Crippen MR) is 93.7 cm³/mol. The molecule has 0 saturated carbocycles. The van der Waals surface area contributed by atoms with Crippen LogP contribution in [0, 0.1) is 12.8 Å². The van der Waals surface area contributed by atoms with E-state index < -0.39 is 26.9 Å². The quantitative estimate of drug-likeness (QED) is 0.700. The average molecular weight is 431 g/mol. The van der Waals surface area contributed by atoms with Gasteiger partial charge in [0.15, 0.2) is 5.69 Å². The van der Waals surface area contributed by atoms with E-state index in [1.807, 2.05) is 0 Å². The molecular weight excluding hydrogens is 409 g/mol. The van der Waals surface area contributed by atoms with E-state index >= 15 is 0 Å². The van der Waals surface area contributed by atoms with Crippen molar-refractivity contribution in [3.05, 3.63) is 16.4 Å². The summed E-state index contributed by atoms with van der Waals surface area (Å²) in [6, 6.07) is 0. The second-order valence-electron chi connectivity index (χ2n) is 6.55. The average Bonchev–Trinajstić information content (AvgIpc) is 2.86. The smallest absolute Gasteiger partial charge is 0.356 e. The maximum absolute atomic E-state index is 12.8. The van der Waals surface area contributed by atoms with Crippen molar-refractivity contribution in [3.8, 4) is 0 Å². The zero-order valence-electron chi connectivity index (χ0n) is 15.0. The zero-order chi connectivity index (χ0) is 20.4. The Morgan fingerprint density at radius 3 is 2.41 bits per heavy atom. The summed E-state index contributed by atoms with van der Waals surface area (Å²) >= 11 is 5.69. The van der Waals surface area contributed by atoms with Crippen LogP contribution in [0.5, 0.6) is 0 Å². The number of carbonyl (C=O) groups is 1. The maximum Gasteiger partial charge on any atom is 0.436 e. The van der Waals surface area contributed by atoms with Gasteiger partial charge in [0, 0.05) is 32.1 Å². The van der Waals surface area contributed by atoms with E-state index in [1.165, 1.54) is 15.9 Å². The standard InChI is InChI=1S/C15H22ClF3N4O3S/c1-10-12(16)13(15(17,18)19)21-23(10)7-3-6-20-14(24)11-4-8-22(9-5-11)27(2,25)26/h11H,3-9H2,1-2H3,(H,20,24). The van der Waals surface area contributed by atoms with Crippen LogP contribution in [-0.4, -0.2) is 54.3 Å². The molecule has 0 aromatic carbocycles. The molecule has 27 heavy (non-hydrogen) atoms. The van der Waals surface area contributed by atoms with E-state index in [2.05, 4.69) is 10.4 Å². The number of halogens is 4. The molecule has 0 radical (unpaired) electrons. The Morgan fingerprint density at radius 2 is 1.93 bits per heavy atom. The van der Waals surface area contributed by atoms with E-state index in [1.54, 1.807) is 0 Å².